The summed E-state index contributed by atoms with van der Waals surface area (Å²) < 4.78 is 9.05. The van der Waals surface area contributed by atoms with Crippen molar-refractivity contribution in [1.82, 2.24) is 19.9 Å². The van der Waals surface area contributed by atoms with E-state index >= 15 is 0 Å². The quantitative estimate of drug-likeness (QED) is 0.116. The second-order valence-electron chi connectivity index (χ2n) is 8.99. The summed E-state index contributed by atoms with van der Waals surface area (Å²) in [5, 5.41) is 21.4. The van der Waals surface area contributed by atoms with Crippen molar-refractivity contribution in [2.24, 2.45) is 0 Å². The van der Waals surface area contributed by atoms with Gasteiger partial charge in [-0.3, -0.25) is 34.6 Å². The molecule has 4 rings (SSSR count). The maximum absolute atomic E-state index is 11.8. The first kappa shape index (κ1) is 32.9. The SMILES string of the molecule is COC(=O)Cc1cnc(Cc2ccc([N+](=O)[O-])cc2)[nH]c1=O.COC(=O)Cc1cnc(Cc2ccc([N+](=O)[O-])cc2)nc1Cl. The van der Waals surface area contributed by atoms with Gasteiger partial charge in [-0.05, 0) is 11.1 Å². The lowest BCUT2D eigenvalue weighted by Crippen LogP contribution is -2.19. The minimum absolute atomic E-state index is 0.00127. The summed E-state index contributed by atoms with van der Waals surface area (Å²) in [5.41, 5.74) is 1.92. The number of carbonyl (C=O) groups excluding carboxylic acids is 2. The van der Waals surface area contributed by atoms with Crippen LogP contribution in [0, 0.1) is 20.2 Å². The third kappa shape index (κ3) is 9.77. The van der Waals surface area contributed by atoms with E-state index in [1.165, 1.54) is 50.9 Å². The highest BCUT2D eigenvalue weighted by Gasteiger charge is 2.12. The Bertz CT molecular complexity index is 1710. The predicted octanol–water partition coefficient (Wildman–Crippen LogP) is 3.33. The number of benzene rings is 2. The average Bonchev–Trinajstić information content (AvgIpc) is 3.00. The molecule has 16 heteroatoms. The summed E-state index contributed by atoms with van der Waals surface area (Å²) in [4.78, 5) is 69.3. The van der Waals surface area contributed by atoms with Gasteiger partial charge in [0.05, 0.1) is 36.9 Å². The fraction of sp³-hybridized carbons (Fsp3) is 0.214. The Balaban J connectivity index is 0.000000240. The number of aromatic nitrogens is 4. The number of hydrogen-bond acceptors (Lipinski definition) is 12. The molecule has 0 spiro atoms. The molecule has 2 heterocycles. The third-order valence-corrected chi connectivity index (χ3v) is 6.27. The highest BCUT2D eigenvalue weighted by atomic mass is 35.5. The maximum atomic E-state index is 11.8. The number of aromatic amines is 1. The van der Waals surface area contributed by atoms with Gasteiger partial charge in [0.2, 0.25) is 0 Å². The van der Waals surface area contributed by atoms with E-state index in [1.54, 1.807) is 24.3 Å². The molecule has 0 amide bonds. The zero-order valence-electron chi connectivity index (χ0n) is 23.4. The Kier molecular flexibility index (Phi) is 11.7. The molecule has 0 atom stereocenters. The Morgan fingerprint density at radius 2 is 1.27 bits per heavy atom. The number of carbonyl (C=O) groups is 2. The highest BCUT2D eigenvalue weighted by Crippen LogP contribution is 2.17. The van der Waals surface area contributed by atoms with E-state index in [2.05, 4.69) is 29.4 Å². The van der Waals surface area contributed by atoms with Gasteiger partial charge in [0.15, 0.2) is 0 Å². The van der Waals surface area contributed by atoms with Gasteiger partial charge in [-0.2, -0.15) is 0 Å². The molecule has 0 aliphatic heterocycles. The van der Waals surface area contributed by atoms with Crippen LogP contribution in [-0.2, 0) is 44.7 Å². The number of nitro groups is 2. The van der Waals surface area contributed by atoms with Gasteiger partial charge in [0.1, 0.15) is 16.8 Å². The van der Waals surface area contributed by atoms with Crippen molar-refractivity contribution < 1.29 is 28.9 Å². The van der Waals surface area contributed by atoms with E-state index < -0.39 is 27.3 Å². The average molecular weight is 625 g/mol. The number of rotatable bonds is 10. The van der Waals surface area contributed by atoms with E-state index in [1.807, 2.05) is 0 Å². The van der Waals surface area contributed by atoms with Crippen molar-refractivity contribution in [3.63, 3.8) is 0 Å². The number of non-ortho nitro benzene ring substituents is 2. The molecule has 2 aromatic heterocycles. The largest absolute Gasteiger partial charge is 0.469 e. The lowest BCUT2D eigenvalue weighted by atomic mass is 10.1. The van der Waals surface area contributed by atoms with Crippen LogP contribution in [0.1, 0.15) is 33.9 Å². The number of nitro benzene ring substituents is 2. The standard InChI is InChI=1S/C14H12ClN3O4.C14H13N3O5/c1-22-13(19)7-10-8-16-12(17-14(10)15)6-9-2-4-11(5-3-9)18(20)21;1-22-13(18)7-10-8-15-12(16-14(10)19)6-9-2-4-11(5-3-9)17(20)21/h2-5,8H,6-7H2,1H3;2-5,8H,6-7H2,1H3,(H,15,16,19). The summed E-state index contributed by atoms with van der Waals surface area (Å²) in [7, 11) is 2.53. The van der Waals surface area contributed by atoms with Crippen LogP contribution in [-0.4, -0.2) is 55.9 Å². The topological polar surface area (TPSA) is 210 Å². The van der Waals surface area contributed by atoms with Crippen molar-refractivity contribution >= 4 is 34.9 Å². The minimum Gasteiger partial charge on any atom is -0.469 e. The van der Waals surface area contributed by atoms with Crippen LogP contribution < -0.4 is 5.56 Å². The van der Waals surface area contributed by atoms with Crippen molar-refractivity contribution in [2.75, 3.05) is 14.2 Å². The molecule has 4 aromatic rings. The van der Waals surface area contributed by atoms with Crippen LogP contribution in [0.25, 0.3) is 0 Å². The van der Waals surface area contributed by atoms with Crippen LogP contribution >= 0.6 is 11.6 Å². The number of nitrogens with zero attached hydrogens (tertiary/aromatic N) is 5. The van der Waals surface area contributed by atoms with E-state index in [0.717, 1.165) is 11.1 Å². The summed E-state index contributed by atoms with van der Waals surface area (Å²) >= 11 is 6.02. The van der Waals surface area contributed by atoms with Gasteiger partial charge in [-0.25, -0.2) is 15.0 Å². The number of hydrogen-bond donors (Lipinski definition) is 1. The number of ether oxygens (including phenoxy) is 2. The lowest BCUT2D eigenvalue weighted by Gasteiger charge is -2.05. The molecule has 1 N–H and O–H groups in total. The van der Waals surface area contributed by atoms with Crippen LogP contribution in [0.2, 0.25) is 5.15 Å². The fourth-order valence-corrected chi connectivity index (χ4v) is 3.81. The molecule has 0 saturated heterocycles. The van der Waals surface area contributed by atoms with Crippen molar-refractivity contribution in [2.45, 2.75) is 25.7 Å². The maximum Gasteiger partial charge on any atom is 0.310 e. The van der Waals surface area contributed by atoms with Gasteiger partial charge in [0.25, 0.3) is 16.9 Å². The number of methoxy groups -OCH3 is 2. The molecule has 0 radical (unpaired) electrons. The fourth-order valence-electron chi connectivity index (χ4n) is 3.60. The first-order chi connectivity index (χ1) is 21.0. The van der Waals surface area contributed by atoms with Crippen LogP contribution in [0.3, 0.4) is 0 Å². The van der Waals surface area contributed by atoms with E-state index in [0.29, 0.717) is 30.1 Å². The van der Waals surface area contributed by atoms with Gasteiger partial charge < -0.3 is 14.5 Å². The first-order valence-electron chi connectivity index (χ1n) is 12.7. The molecule has 228 valence electrons. The molecule has 44 heavy (non-hydrogen) atoms. The third-order valence-electron chi connectivity index (χ3n) is 5.94. The zero-order valence-corrected chi connectivity index (χ0v) is 24.1. The molecule has 0 aliphatic carbocycles. The van der Waals surface area contributed by atoms with Gasteiger partial charge in [-0.1, -0.05) is 35.9 Å². The van der Waals surface area contributed by atoms with Gasteiger partial charge in [-0.15, -0.1) is 0 Å². The van der Waals surface area contributed by atoms with Crippen molar-refractivity contribution in [1.29, 1.82) is 0 Å². The summed E-state index contributed by atoms with van der Waals surface area (Å²) in [6.45, 7) is 0. The number of H-pyrrole nitrogens is 1. The molecule has 2 aromatic carbocycles. The number of nitrogens with one attached hydrogen (secondary N) is 1. The zero-order chi connectivity index (χ0) is 32.2. The monoisotopic (exact) mass is 624 g/mol. The normalized spacial score (nSPS) is 10.2. The Labute approximate surface area is 254 Å². The summed E-state index contributed by atoms with van der Waals surface area (Å²) in [6.07, 6.45) is 3.38. The Hall–Kier alpha value is -5.57. The second kappa shape index (κ2) is 15.6. The smallest absolute Gasteiger partial charge is 0.310 e. The van der Waals surface area contributed by atoms with Gasteiger partial charge >= 0.3 is 11.9 Å². The molecule has 0 bridgehead atoms. The van der Waals surface area contributed by atoms with Crippen molar-refractivity contribution in [3.8, 4) is 0 Å². The first-order valence-corrected chi connectivity index (χ1v) is 13.0. The number of halogens is 1. The second-order valence-corrected chi connectivity index (χ2v) is 9.35. The van der Waals surface area contributed by atoms with Crippen LogP contribution in [0.4, 0.5) is 11.4 Å². The Morgan fingerprint density at radius 3 is 1.73 bits per heavy atom. The molecule has 0 aliphatic rings. The van der Waals surface area contributed by atoms with Crippen molar-refractivity contribution in [3.05, 3.63) is 131 Å². The molecule has 15 nitrogen and oxygen atoms in total. The summed E-state index contributed by atoms with van der Waals surface area (Å²) in [5.74, 6) is -0.0658. The molecular formula is C28H25ClN6O9. The molecule has 0 fully saturated rings. The minimum atomic E-state index is -0.518. The van der Waals surface area contributed by atoms with Gasteiger partial charge in [0, 0.05) is 60.6 Å². The van der Waals surface area contributed by atoms with E-state index in [9.17, 15) is 34.6 Å². The van der Waals surface area contributed by atoms with Crippen LogP contribution in [0.15, 0.2) is 65.7 Å². The Morgan fingerprint density at radius 1 is 0.795 bits per heavy atom. The number of esters is 2. The van der Waals surface area contributed by atoms with E-state index in [4.69, 9.17) is 11.6 Å². The van der Waals surface area contributed by atoms with Crippen LogP contribution in [0.5, 0.6) is 0 Å². The molecular weight excluding hydrogens is 600 g/mol. The highest BCUT2D eigenvalue weighted by molar-refractivity contribution is 6.30. The summed E-state index contributed by atoms with van der Waals surface area (Å²) in [6, 6.07) is 12.1. The molecule has 0 saturated carbocycles. The predicted molar refractivity (Wildman–Crippen MR) is 155 cm³/mol. The molecule has 0 unspecified atom stereocenters. The van der Waals surface area contributed by atoms with E-state index in [-0.39, 0.29) is 34.9 Å². The lowest BCUT2D eigenvalue weighted by molar-refractivity contribution is -0.385.